The number of rotatable bonds is 3. The fourth-order valence-electron chi connectivity index (χ4n) is 1.13. The number of aliphatic hydroxyl groups excluding tert-OH is 1. The first-order valence-corrected chi connectivity index (χ1v) is 4.97. The van der Waals surface area contributed by atoms with E-state index in [0.29, 0.717) is 4.47 Å². The Morgan fingerprint density at radius 2 is 2.23 bits per heavy atom. The van der Waals surface area contributed by atoms with Crippen LogP contribution in [0.2, 0.25) is 0 Å². The van der Waals surface area contributed by atoms with Gasteiger partial charge in [-0.15, -0.1) is 0 Å². The zero-order valence-electron chi connectivity index (χ0n) is 7.43. The van der Waals surface area contributed by atoms with E-state index in [0.717, 1.165) is 12.0 Å². The predicted molar refractivity (Wildman–Crippen MR) is 54.1 cm³/mol. The zero-order valence-corrected chi connectivity index (χ0v) is 9.01. The average molecular weight is 247 g/mol. The van der Waals surface area contributed by atoms with Crippen molar-refractivity contribution in [3.63, 3.8) is 0 Å². The molecule has 0 radical (unpaired) electrons. The lowest BCUT2D eigenvalue weighted by Crippen LogP contribution is -2.04. The second-order valence-corrected chi connectivity index (χ2v) is 4.09. The van der Waals surface area contributed by atoms with Gasteiger partial charge in [-0.3, -0.25) is 0 Å². The molecule has 1 aromatic carbocycles. The minimum atomic E-state index is -0.250. The Morgan fingerprint density at radius 3 is 2.77 bits per heavy atom. The van der Waals surface area contributed by atoms with Crippen LogP contribution in [0.4, 0.5) is 4.39 Å². The maximum atomic E-state index is 12.8. The van der Waals surface area contributed by atoms with Gasteiger partial charge in [0.05, 0.1) is 4.47 Å². The Bertz CT molecular complexity index is 288. The highest BCUT2D eigenvalue weighted by atomic mass is 79.9. The third kappa shape index (κ3) is 3.08. The molecule has 1 atom stereocenters. The molecule has 1 aromatic rings. The third-order valence-corrected chi connectivity index (χ3v) is 2.49. The van der Waals surface area contributed by atoms with E-state index in [4.69, 9.17) is 5.11 Å². The first-order chi connectivity index (χ1) is 6.13. The Morgan fingerprint density at radius 1 is 1.54 bits per heavy atom. The van der Waals surface area contributed by atoms with Crippen molar-refractivity contribution in [1.29, 1.82) is 0 Å². The molecule has 0 aliphatic heterocycles. The Balaban J connectivity index is 2.73. The van der Waals surface area contributed by atoms with Crippen LogP contribution < -0.4 is 0 Å². The summed E-state index contributed by atoms with van der Waals surface area (Å²) in [5.74, 6) is -0.0298. The fourth-order valence-corrected chi connectivity index (χ4v) is 1.56. The highest BCUT2D eigenvalue weighted by Crippen LogP contribution is 2.18. The van der Waals surface area contributed by atoms with Crippen LogP contribution in [-0.4, -0.2) is 11.7 Å². The monoisotopic (exact) mass is 246 g/mol. The van der Waals surface area contributed by atoms with Gasteiger partial charge in [0.2, 0.25) is 0 Å². The van der Waals surface area contributed by atoms with E-state index in [1.807, 2.05) is 6.92 Å². The molecule has 1 N–H and O–H groups in total. The summed E-state index contributed by atoms with van der Waals surface area (Å²) in [5.41, 5.74) is 1.04. The van der Waals surface area contributed by atoms with Crippen LogP contribution in [0.5, 0.6) is 0 Å². The summed E-state index contributed by atoms with van der Waals surface area (Å²) < 4.78 is 13.3. The summed E-state index contributed by atoms with van der Waals surface area (Å²) in [6, 6.07) is 4.93. The van der Waals surface area contributed by atoms with Crippen LogP contribution in [0.25, 0.3) is 0 Å². The third-order valence-electron chi connectivity index (χ3n) is 1.88. The van der Waals surface area contributed by atoms with E-state index in [2.05, 4.69) is 15.9 Å². The van der Waals surface area contributed by atoms with Gasteiger partial charge in [-0.2, -0.15) is 0 Å². The summed E-state index contributed by atoms with van der Waals surface area (Å²) in [7, 11) is 0. The number of benzene rings is 1. The van der Waals surface area contributed by atoms with E-state index in [9.17, 15) is 4.39 Å². The second-order valence-electron chi connectivity index (χ2n) is 3.24. The SMILES string of the molecule is CC(CO)Cc1ccc(F)c(Br)c1. The second kappa shape index (κ2) is 4.72. The minimum absolute atomic E-state index is 0.162. The van der Waals surface area contributed by atoms with Crippen LogP contribution >= 0.6 is 15.9 Å². The highest BCUT2D eigenvalue weighted by molar-refractivity contribution is 9.10. The lowest BCUT2D eigenvalue weighted by atomic mass is 10.0. The van der Waals surface area contributed by atoms with Crippen LogP contribution in [0.1, 0.15) is 12.5 Å². The highest BCUT2D eigenvalue weighted by Gasteiger charge is 2.04. The quantitative estimate of drug-likeness (QED) is 0.870. The molecule has 1 nitrogen and oxygen atoms in total. The largest absolute Gasteiger partial charge is 0.396 e. The Hall–Kier alpha value is -0.410. The van der Waals surface area contributed by atoms with Crippen molar-refractivity contribution in [2.45, 2.75) is 13.3 Å². The maximum Gasteiger partial charge on any atom is 0.137 e. The van der Waals surface area contributed by atoms with Gasteiger partial charge in [0.25, 0.3) is 0 Å². The Labute approximate surface area is 85.7 Å². The normalized spacial score (nSPS) is 12.9. The molecule has 1 unspecified atom stereocenters. The number of halogens is 2. The molecule has 0 spiro atoms. The van der Waals surface area contributed by atoms with Gasteiger partial charge in [0, 0.05) is 6.61 Å². The van der Waals surface area contributed by atoms with Crippen molar-refractivity contribution < 1.29 is 9.50 Å². The molecule has 0 aromatic heterocycles. The van der Waals surface area contributed by atoms with Crippen molar-refractivity contribution in [2.24, 2.45) is 5.92 Å². The van der Waals surface area contributed by atoms with E-state index in [1.165, 1.54) is 6.07 Å². The van der Waals surface area contributed by atoms with E-state index in [-0.39, 0.29) is 18.3 Å². The molecule has 0 amide bonds. The van der Waals surface area contributed by atoms with Crippen molar-refractivity contribution in [1.82, 2.24) is 0 Å². The molecule has 0 heterocycles. The van der Waals surface area contributed by atoms with Gasteiger partial charge in [-0.05, 0) is 46.0 Å². The number of aliphatic hydroxyl groups is 1. The Kier molecular flexibility index (Phi) is 3.88. The van der Waals surface area contributed by atoms with Crippen LogP contribution in [0.3, 0.4) is 0 Å². The summed E-state index contributed by atoms with van der Waals surface area (Å²) in [4.78, 5) is 0. The maximum absolute atomic E-state index is 12.8. The van der Waals surface area contributed by atoms with Crippen LogP contribution in [0, 0.1) is 11.7 Å². The molecule has 0 aliphatic carbocycles. The molecular weight excluding hydrogens is 235 g/mol. The van der Waals surface area contributed by atoms with Crippen LogP contribution in [-0.2, 0) is 6.42 Å². The smallest absolute Gasteiger partial charge is 0.137 e. The topological polar surface area (TPSA) is 20.2 Å². The standard InChI is InChI=1S/C10H12BrFO/c1-7(6-13)4-8-2-3-10(12)9(11)5-8/h2-3,5,7,13H,4,6H2,1H3. The van der Waals surface area contributed by atoms with E-state index >= 15 is 0 Å². The lowest BCUT2D eigenvalue weighted by molar-refractivity contribution is 0.237. The first-order valence-electron chi connectivity index (χ1n) is 4.18. The van der Waals surface area contributed by atoms with Gasteiger partial charge in [-0.25, -0.2) is 4.39 Å². The molecule has 0 fully saturated rings. The average Bonchev–Trinajstić information content (AvgIpc) is 2.11. The van der Waals surface area contributed by atoms with Crippen molar-refractivity contribution in [3.8, 4) is 0 Å². The van der Waals surface area contributed by atoms with Gasteiger partial charge in [0.15, 0.2) is 0 Å². The summed E-state index contributed by atoms with van der Waals surface area (Å²) in [6.07, 6.45) is 0.773. The van der Waals surface area contributed by atoms with Gasteiger partial charge in [0.1, 0.15) is 5.82 Å². The molecule has 0 bridgehead atoms. The van der Waals surface area contributed by atoms with Crippen molar-refractivity contribution in [2.75, 3.05) is 6.61 Å². The summed E-state index contributed by atoms with van der Waals surface area (Å²) in [6.45, 7) is 2.12. The number of hydrogen-bond donors (Lipinski definition) is 1. The van der Waals surface area contributed by atoms with E-state index in [1.54, 1.807) is 12.1 Å². The molecule has 13 heavy (non-hydrogen) atoms. The zero-order chi connectivity index (χ0) is 9.84. The lowest BCUT2D eigenvalue weighted by Gasteiger charge is -2.07. The summed E-state index contributed by atoms with van der Waals surface area (Å²) >= 11 is 3.12. The molecule has 0 aliphatic rings. The molecule has 0 saturated heterocycles. The predicted octanol–water partition coefficient (Wildman–Crippen LogP) is 2.76. The molecule has 1 rings (SSSR count). The first kappa shape index (κ1) is 10.7. The molecular formula is C10H12BrFO. The van der Waals surface area contributed by atoms with Crippen molar-refractivity contribution >= 4 is 15.9 Å². The molecule has 72 valence electrons. The van der Waals surface area contributed by atoms with E-state index < -0.39 is 0 Å². The number of hydrogen-bond acceptors (Lipinski definition) is 1. The van der Waals surface area contributed by atoms with Gasteiger partial charge in [-0.1, -0.05) is 13.0 Å². The molecule has 3 heteroatoms. The van der Waals surface area contributed by atoms with Gasteiger partial charge >= 0.3 is 0 Å². The van der Waals surface area contributed by atoms with Crippen molar-refractivity contribution in [3.05, 3.63) is 34.1 Å². The minimum Gasteiger partial charge on any atom is -0.396 e. The fraction of sp³-hybridized carbons (Fsp3) is 0.400. The van der Waals surface area contributed by atoms with Gasteiger partial charge < -0.3 is 5.11 Å². The molecule has 0 saturated carbocycles. The van der Waals surface area contributed by atoms with Crippen LogP contribution in [0.15, 0.2) is 22.7 Å². The summed E-state index contributed by atoms with van der Waals surface area (Å²) in [5, 5.41) is 8.83.